The highest BCUT2D eigenvalue weighted by Crippen LogP contribution is 2.25. The molecule has 0 saturated carbocycles. The molecule has 0 aliphatic rings. The minimum Gasteiger partial charge on any atom is -0.493 e. The molecule has 2 N–H and O–H groups in total. The number of sulfonamides is 1. The molecule has 3 rings (SSSR count). The first-order chi connectivity index (χ1) is 16.2. The number of aromatic nitrogens is 2. The Morgan fingerprint density at radius 3 is 2.50 bits per heavy atom. The van der Waals surface area contributed by atoms with Gasteiger partial charge in [-0.1, -0.05) is 29.8 Å². The van der Waals surface area contributed by atoms with Crippen LogP contribution in [0.15, 0.2) is 64.2 Å². The summed E-state index contributed by atoms with van der Waals surface area (Å²) in [5.74, 6) is 0.885. The molecular formula is C23H25BrN4O5S. The summed E-state index contributed by atoms with van der Waals surface area (Å²) in [4.78, 5) is 20.6. The van der Waals surface area contributed by atoms with E-state index in [4.69, 9.17) is 9.47 Å². The van der Waals surface area contributed by atoms with Crippen LogP contribution in [0.4, 0.5) is 11.5 Å². The molecule has 1 heterocycles. The van der Waals surface area contributed by atoms with Gasteiger partial charge in [-0.25, -0.2) is 18.4 Å². The van der Waals surface area contributed by atoms with Crippen LogP contribution in [0.1, 0.15) is 30.6 Å². The lowest BCUT2D eigenvalue weighted by Crippen LogP contribution is -2.16. The fourth-order valence-corrected chi connectivity index (χ4v) is 4.19. The Hall–Kier alpha value is -3.18. The van der Waals surface area contributed by atoms with E-state index in [2.05, 4.69) is 49.8 Å². The van der Waals surface area contributed by atoms with Gasteiger partial charge in [0.1, 0.15) is 17.9 Å². The monoisotopic (exact) mass is 548 g/mol. The van der Waals surface area contributed by atoms with Gasteiger partial charge in [-0.2, -0.15) is 0 Å². The average molecular weight is 549 g/mol. The van der Waals surface area contributed by atoms with Crippen molar-refractivity contribution < 1.29 is 22.7 Å². The van der Waals surface area contributed by atoms with Crippen molar-refractivity contribution >= 4 is 43.4 Å². The van der Waals surface area contributed by atoms with Crippen LogP contribution in [-0.2, 0) is 10.0 Å². The standard InChI is InChI=1S/C23H25BrN4O5S/c1-15(2)10-11-33-20-9-4-16(24)12-19(20)23(29)27-17-5-7-18(8-6-17)34(30,31)28-21-13-22(32-3)26-14-25-21/h4-9,12-15H,10-11H2,1-3H3,(H,27,29)(H,25,26,28). The predicted molar refractivity (Wildman–Crippen MR) is 133 cm³/mol. The number of nitrogens with zero attached hydrogens (tertiary/aromatic N) is 2. The SMILES string of the molecule is COc1cc(NS(=O)(=O)c2ccc(NC(=O)c3cc(Br)ccc3OCCC(C)C)cc2)ncn1. The first-order valence-corrected chi connectivity index (χ1v) is 12.7. The van der Waals surface area contributed by atoms with Crippen molar-refractivity contribution in [2.24, 2.45) is 5.92 Å². The second kappa shape index (κ2) is 11.3. The summed E-state index contributed by atoms with van der Waals surface area (Å²) in [5, 5.41) is 2.78. The molecule has 0 saturated heterocycles. The quantitative estimate of drug-likeness (QED) is 0.375. The minimum atomic E-state index is -3.90. The molecule has 1 amide bonds. The number of benzene rings is 2. The summed E-state index contributed by atoms with van der Waals surface area (Å²) in [6, 6.07) is 12.4. The number of hydrogen-bond donors (Lipinski definition) is 2. The van der Waals surface area contributed by atoms with E-state index in [0.29, 0.717) is 29.5 Å². The van der Waals surface area contributed by atoms with E-state index >= 15 is 0 Å². The molecule has 11 heteroatoms. The molecule has 2 aromatic carbocycles. The highest BCUT2D eigenvalue weighted by Gasteiger charge is 2.17. The zero-order valence-corrected chi connectivity index (χ0v) is 21.3. The van der Waals surface area contributed by atoms with Crippen molar-refractivity contribution in [3.63, 3.8) is 0 Å². The van der Waals surface area contributed by atoms with Crippen LogP contribution in [0.2, 0.25) is 0 Å². The normalized spacial score (nSPS) is 11.2. The van der Waals surface area contributed by atoms with Gasteiger partial charge in [0.15, 0.2) is 0 Å². The van der Waals surface area contributed by atoms with Gasteiger partial charge >= 0.3 is 0 Å². The van der Waals surface area contributed by atoms with Gasteiger partial charge in [-0.15, -0.1) is 0 Å². The van der Waals surface area contributed by atoms with E-state index in [9.17, 15) is 13.2 Å². The highest BCUT2D eigenvalue weighted by atomic mass is 79.9. The van der Waals surface area contributed by atoms with Crippen molar-refractivity contribution in [3.05, 3.63) is 64.9 Å². The van der Waals surface area contributed by atoms with Gasteiger partial charge in [0.05, 0.1) is 24.2 Å². The molecular weight excluding hydrogens is 524 g/mol. The molecule has 34 heavy (non-hydrogen) atoms. The second-order valence-electron chi connectivity index (χ2n) is 7.70. The summed E-state index contributed by atoms with van der Waals surface area (Å²) >= 11 is 3.38. The van der Waals surface area contributed by atoms with Crippen LogP contribution < -0.4 is 19.5 Å². The first kappa shape index (κ1) is 25.4. The summed E-state index contributed by atoms with van der Waals surface area (Å²) in [7, 11) is -2.48. The zero-order valence-electron chi connectivity index (χ0n) is 18.9. The number of carbonyl (C=O) groups is 1. The first-order valence-electron chi connectivity index (χ1n) is 10.4. The number of nitrogens with one attached hydrogen (secondary N) is 2. The lowest BCUT2D eigenvalue weighted by molar-refractivity contribution is 0.102. The zero-order chi connectivity index (χ0) is 24.7. The molecule has 0 radical (unpaired) electrons. The number of anilines is 2. The van der Waals surface area contributed by atoms with E-state index in [0.717, 1.165) is 10.9 Å². The number of hydrogen-bond acceptors (Lipinski definition) is 7. The van der Waals surface area contributed by atoms with Crippen LogP contribution in [0.5, 0.6) is 11.6 Å². The van der Waals surface area contributed by atoms with Crippen LogP contribution in [0.3, 0.4) is 0 Å². The summed E-state index contributed by atoms with van der Waals surface area (Å²) in [5.41, 5.74) is 0.801. The number of methoxy groups -OCH3 is 1. The third-order valence-corrected chi connectivity index (χ3v) is 6.52. The minimum absolute atomic E-state index is 0.00300. The number of amides is 1. The van der Waals surface area contributed by atoms with Gasteiger partial charge in [0.2, 0.25) is 5.88 Å². The molecule has 0 atom stereocenters. The van der Waals surface area contributed by atoms with Crippen molar-refractivity contribution in [2.45, 2.75) is 25.2 Å². The molecule has 0 aliphatic heterocycles. The Labute approximate surface area is 207 Å². The Balaban J connectivity index is 1.72. The lowest BCUT2D eigenvalue weighted by Gasteiger charge is -2.13. The van der Waals surface area contributed by atoms with Crippen LogP contribution in [0, 0.1) is 5.92 Å². The Morgan fingerprint density at radius 2 is 1.82 bits per heavy atom. The third-order valence-electron chi connectivity index (χ3n) is 4.65. The van der Waals surface area contributed by atoms with E-state index < -0.39 is 10.0 Å². The highest BCUT2D eigenvalue weighted by molar-refractivity contribution is 9.10. The topological polar surface area (TPSA) is 120 Å². The number of halogens is 1. The van der Waals surface area contributed by atoms with E-state index in [1.807, 2.05) is 0 Å². The Morgan fingerprint density at radius 1 is 1.09 bits per heavy atom. The van der Waals surface area contributed by atoms with E-state index in [-0.39, 0.29) is 22.5 Å². The summed E-state index contributed by atoms with van der Waals surface area (Å²) < 4.78 is 39.2. The third kappa shape index (κ3) is 6.91. The molecule has 9 nitrogen and oxygen atoms in total. The Kier molecular flexibility index (Phi) is 8.46. The van der Waals surface area contributed by atoms with Gasteiger partial charge in [-0.05, 0) is 54.8 Å². The van der Waals surface area contributed by atoms with Crippen LogP contribution in [-0.4, -0.2) is 38.0 Å². The van der Waals surface area contributed by atoms with Crippen LogP contribution >= 0.6 is 15.9 Å². The van der Waals surface area contributed by atoms with Gasteiger partial charge in [-0.3, -0.25) is 9.52 Å². The van der Waals surface area contributed by atoms with Gasteiger partial charge in [0.25, 0.3) is 15.9 Å². The second-order valence-corrected chi connectivity index (χ2v) is 10.3. The maximum absolute atomic E-state index is 12.9. The van der Waals surface area contributed by atoms with Crippen molar-refractivity contribution in [1.29, 1.82) is 0 Å². The maximum atomic E-state index is 12.9. The maximum Gasteiger partial charge on any atom is 0.263 e. The predicted octanol–water partition coefficient (Wildman–Crippen LogP) is 4.73. The summed E-state index contributed by atoms with van der Waals surface area (Å²) in [6.45, 7) is 4.70. The van der Waals surface area contributed by atoms with Crippen molar-refractivity contribution in [2.75, 3.05) is 23.8 Å². The molecule has 3 aromatic rings. The summed E-state index contributed by atoms with van der Waals surface area (Å²) in [6.07, 6.45) is 2.06. The average Bonchev–Trinajstić information content (AvgIpc) is 2.80. The van der Waals surface area contributed by atoms with Crippen LogP contribution in [0.25, 0.3) is 0 Å². The fourth-order valence-electron chi connectivity index (χ4n) is 2.83. The number of carbonyl (C=O) groups excluding carboxylic acids is 1. The fraction of sp³-hybridized carbons (Fsp3) is 0.261. The van der Waals surface area contributed by atoms with Crippen molar-refractivity contribution in [1.82, 2.24) is 9.97 Å². The van der Waals surface area contributed by atoms with Gasteiger partial charge in [0, 0.05) is 16.2 Å². The number of ether oxygens (including phenoxy) is 2. The molecule has 0 spiro atoms. The molecule has 0 unspecified atom stereocenters. The van der Waals surface area contributed by atoms with Crippen molar-refractivity contribution in [3.8, 4) is 11.6 Å². The van der Waals surface area contributed by atoms with E-state index in [1.165, 1.54) is 43.8 Å². The number of rotatable bonds is 10. The molecule has 180 valence electrons. The molecule has 1 aromatic heterocycles. The lowest BCUT2D eigenvalue weighted by atomic mass is 10.1. The molecule has 0 aliphatic carbocycles. The smallest absolute Gasteiger partial charge is 0.263 e. The molecule has 0 fully saturated rings. The largest absolute Gasteiger partial charge is 0.493 e. The van der Waals surface area contributed by atoms with E-state index in [1.54, 1.807) is 18.2 Å². The Bertz CT molecular complexity index is 1250. The van der Waals surface area contributed by atoms with Gasteiger partial charge < -0.3 is 14.8 Å². The molecule has 0 bridgehead atoms.